The molecule has 1 N–H and O–H groups in total. The highest BCUT2D eigenvalue weighted by atomic mass is 32.1. The van der Waals surface area contributed by atoms with Crippen LogP contribution in [0.25, 0.3) is 0 Å². The molecule has 0 aliphatic rings. The van der Waals surface area contributed by atoms with E-state index < -0.39 is 23.6 Å². The number of rotatable bonds is 5. The molecule has 2 rings (SSSR count). The lowest BCUT2D eigenvalue weighted by Gasteiger charge is -2.20. The van der Waals surface area contributed by atoms with Gasteiger partial charge in [-0.3, -0.25) is 0 Å². The zero-order valence-electron chi connectivity index (χ0n) is 11.4. The Morgan fingerprint density at radius 2 is 1.95 bits per heavy atom. The molecular formula is C15H15F4NS. The van der Waals surface area contributed by atoms with Crippen LogP contribution < -0.4 is 5.32 Å². The molecule has 0 amide bonds. The molecule has 0 aliphatic carbocycles. The maximum absolute atomic E-state index is 14.2. The Morgan fingerprint density at radius 3 is 2.52 bits per heavy atom. The number of benzene rings is 1. The molecule has 1 atom stereocenters. The van der Waals surface area contributed by atoms with Crippen LogP contribution in [-0.4, -0.2) is 6.54 Å². The molecule has 1 aromatic carbocycles. The van der Waals surface area contributed by atoms with E-state index in [4.69, 9.17) is 0 Å². The van der Waals surface area contributed by atoms with Gasteiger partial charge >= 0.3 is 6.18 Å². The number of hydrogen-bond acceptors (Lipinski definition) is 2. The third-order valence-electron chi connectivity index (χ3n) is 3.15. The van der Waals surface area contributed by atoms with Crippen molar-refractivity contribution in [2.45, 2.75) is 25.6 Å². The molecule has 1 nitrogen and oxygen atoms in total. The SMILES string of the molecule is CCNC(Cc1cccs1)c1cccc(C(F)(F)F)c1F. The standard InChI is InChI=1S/C15H15F4NS/c1-2-20-13(9-10-5-4-8-21-10)11-6-3-7-12(14(11)16)15(17,18)19/h3-8,13,20H,2,9H2,1H3. The minimum absolute atomic E-state index is 0.0556. The van der Waals surface area contributed by atoms with Crippen molar-refractivity contribution >= 4 is 11.3 Å². The van der Waals surface area contributed by atoms with Crippen molar-refractivity contribution in [3.63, 3.8) is 0 Å². The minimum Gasteiger partial charge on any atom is -0.310 e. The normalized spacial score (nSPS) is 13.4. The fourth-order valence-electron chi connectivity index (χ4n) is 2.21. The van der Waals surface area contributed by atoms with Crippen molar-refractivity contribution in [2.24, 2.45) is 0 Å². The molecule has 0 bridgehead atoms. The predicted octanol–water partition coefficient (Wildman–Crippen LogP) is 4.80. The van der Waals surface area contributed by atoms with E-state index in [1.165, 1.54) is 23.5 Å². The maximum Gasteiger partial charge on any atom is 0.419 e. The second-order valence-corrected chi connectivity index (χ2v) is 5.63. The van der Waals surface area contributed by atoms with Gasteiger partial charge in [0.2, 0.25) is 0 Å². The van der Waals surface area contributed by atoms with Crippen LogP contribution in [-0.2, 0) is 12.6 Å². The number of hydrogen-bond donors (Lipinski definition) is 1. The van der Waals surface area contributed by atoms with Gasteiger partial charge in [-0.2, -0.15) is 13.2 Å². The van der Waals surface area contributed by atoms with Gasteiger partial charge < -0.3 is 5.32 Å². The Hall–Kier alpha value is -1.40. The summed E-state index contributed by atoms with van der Waals surface area (Å²) in [6.07, 6.45) is -4.22. The van der Waals surface area contributed by atoms with Gasteiger partial charge in [0, 0.05) is 22.9 Å². The van der Waals surface area contributed by atoms with Crippen LogP contribution in [0.1, 0.15) is 29.0 Å². The maximum atomic E-state index is 14.2. The van der Waals surface area contributed by atoms with Crippen molar-refractivity contribution in [1.29, 1.82) is 0 Å². The Balaban J connectivity index is 2.36. The largest absolute Gasteiger partial charge is 0.419 e. The fraction of sp³-hybridized carbons (Fsp3) is 0.333. The fourth-order valence-corrected chi connectivity index (χ4v) is 2.96. The summed E-state index contributed by atoms with van der Waals surface area (Å²) in [5.74, 6) is -1.19. The molecule has 0 fully saturated rings. The van der Waals surface area contributed by atoms with E-state index in [-0.39, 0.29) is 5.56 Å². The first-order valence-corrected chi connectivity index (χ1v) is 7.42. The second kappa shape index (κ2) is 6.58. The van der Waals surface area contributed by atoms with Crippen LogP contribution in [0.3, 0.4) is 0 Å². The van der Waals surface area contributed by atoms with Crippen LogP contribution in [0, 0.1) is 5.82 Å². The van der Waals surface area contributed by atoms with E-state index in [1.807, 2.05) is 24.4 Å². The quantitative estimate of drug-likeness (QED) is 0.781. The molecule has 1 aromatic heterocycles. The average Bonchev–Trinajstić information content (AvgIpc) is 2.90. The molecule has 0 saturated carbocycles. The Bertz CT molecular complexity index is 578. The van der Waals surface area contributed by atoms with E-state index in [0.717, 1.165) is 10.9 Å². The Labute approximate surface area is 124 Å². The summed E-state index contributed by atoms with van der Waals surface area (Å²) >= 11 is 1.50. The summed E-state index contributed by atoms with van der Waals surface area (Å²) in [5.41, 5.74) is -1.16. The summed E-state index contributed by atoms with van der Waals surface area (Å²) < 4.78 is 52.6. The van der Waals surface area contributed by atoms with Gasteiger partial charge in [0.05, 0.1) is 5.56 Å². The van der Waals surface area contributed by atoms with Crippen LogP contribution in [0.15, 0.2) is 35.7 Å². The molecule has 6 heteroatoms. The molecule has 0 radical (unpaired) electrons. The molecule has 114 valence electrons. The van der Waals surface area contributed by atoms with Crippen molar-refractivity contribution in [1.82, 2.24) is 5.32 Å². The van der Waals surface area contributed by atoms with Crippen molar-refractivity contribution in [2.75, 3.05) is 6.54 Å². The van der Waals surface area contributed by atoms with Gasteiger partial charge in [0.25, 0.3) is 0 Å². The topological polar surface area (TPSA) is 12.0 Å². The summed E-state index contributed by atoms with van der Waals surface area (Å²) in [4.78, 5) is 0.998. The first-order chi connectivity index (χ1) is 9.93. The van der Waals surface area contributed by atoms with Crippen molar-refractivity contribution < 1.29 is 17.6 Å². The summed E-state index contributed by atoms with van der Waals surface area (Å²) in [6.45, 7) is 2.39. The lowest BCUT2D eigenvalue weighted by molar-refractivity contribution is -0.140. The zero-order chi connectivity index (χ0) is 15.5. The number of nitrogens with one attached hydrogen (secondary N) is 1. The van der Waals surface area contributed by atoms with Crippen molar-refractivity contribution in [3.8, 4) is 0 Å². The minimum atomic E-state index is -4.68. The van der Waals surface area contributed by atoms with Crippen molar-refractivity contribution in [3.05, 3.63) is 57.5 Å². The van der Waals surface area contributed by atoms with Gasteiger partial charge in [-0.05, 0) is 24.1 Å². The zero-order valence-corrected chi connectivity index (χ0v) is 12.2. The molecular weight excluding hydrogens is 302 g/mol. The van der Waals surface area contributed by atoms with Gasteiger partial charge in [-0.1, -0.05) is 25.1 Å². The van der Waals surface area contributed by atoms with E-state index in [9.17, 15) is 17.6 Å². The van der Waals surface area contributed by atoms with E-state index in [2.05, 4.69) is 5.32 Å². The molecule has 0 aliphatic heterocycles. The van der Waals surface area contributed by atoms with Crippen LogP contribution >= 0.6 is 11.3 Å². The van der Waals surface area contributed by atoms with Gasteiger partial charge in [-0.25, -0.2) is 4.39 Å². The highest BCUT2D eigenvalue weighted by Gasteiger charge is 2.35. The molecule has 21 heavy (non-hydrogen) atoms. The molecule has 0 spiro atoms. The molecule has 2 aromatic rings. The molecule has 1 heterocycles. The van der Waals surface area contributed by atoms with E-state index in [1.54, 1.807) is 0 Å². The number of alkyl halides is 3. The highest BCUT2D eigenvalue weighted by Crippen LogP contribution is 2.34. The molecule has 1 unspecified atom stereocenters. The average molecular weight is 317 g/mol. The summed E-state index contributed by atoms with van der Waals surface area (Å²) in [7, 11) is 0. The van der Waals surface area contributed by atoms with E-state index >= 15 is 0 Å². The lowest BCUT2D eigenvalue weighted by Crippen LogP contribution is -2.24. The van der Waals surface area contributed by atoms with Crippen LogP contribution in [0.4, 0.5) is 17.6 Å². The Morgan fingerprint density at radius 1 is 1.19 bits per heavy atom. The number of thiophene rings is 1. The highest BCUT2D eigenvalue weighted by molar-refractivity contribution is 7.09. The summed E-state index contributed by atoms with van der Waals surface area (Å²) in [6, 6.07) is 6.71. The number of halogens is 4. The second-order valence-electron chi connectivity index (χ2n) is 4.60. The smallest absolute Gasteiger partial charge is 0.310 e. The predicted molar refractivity (Wildman–Crippen MR) is 75.8 cm³/mol. The van der Waals surface area contributed by atoms with E-state index in [0.29, 0.717) is 13.0 Å². The monoisotopic (exact) mass is 317 g/mol. The first kappa shape index (κ1) is 16.0. The van der Waals surface area contributed by atoms with Crippen LogP contribution in [0.2, 0.25) is 0 Å². The van der Waals surface area contributed by atoms with Gasteiger partial charge in [0.15, 0.2) is 0 Å². The third kappa shape index (κ3) is 3.83. The summed E-state index contributed by atoms with van der Waals surface area (Å²) in [5, 5.41) is 4.95. The third-order valence-corrected chi connectivity index (χ3v) is 4.04. The van der Waals surface area contributed by atoms with Gasteiger partial charge in [0.1, 0.15) is 5.82 Å². The van der Waals surface area contributed by atoms with Crippen LogP contribution in [0.5, 0.6) is 0 Å². The van der Waals surface area contributed by atoms with Gasteiger partial charge in [-0.15, -0.1) is 11.3 Å². The first-order valence-electron chi connectivity index (χ1n) is 6.54. The Kier molecular flexibility index (Phi) is 5.00. The lowest BCUT2D eigenvalue weighted by atomic mass is 9.99. The molecule has 0 saturated heterocycles. The number of likely N-dealkylation sites (N-methyl/N-ethyl adjacent to an activating group) is 1.